The van der Waals surface area contributed by atoms with E-state index in [9.17, 15) is 9.59 Å². The van der Waals surface area contributed by atoms with Crippen molar-refractivity contribution in [1.82, 2.24) is 10.5 Å². The predicted molar refractivity (Wildman–Crippen MR) is 76.9 cm³/mol. The quantitative estimate of drug-likeness (QED) is 0.576. The Morgan fingerprint density at radius 1 is 1.14 bits per heavy atom. The second-order valence-corrected chi connectivity index (χ2v) is 4.43. The second-order valence-electron chi connectivity index (χ2n) is 4.43. The van der Waals surface area contributed by atoms with Gasteiger partial charge in [0.05, 0.1) is 11.9 Å². The third kappa shape index (κ3) is 4.39. The third-order valence-electron chi connectivity index (χ3n) is 2.90. The number of aromatic nitrogens is 1. The second kappa shape index (κ2) is 7.16. The zero-order chi connectivity index (χ0) is 15.1. The first-order valence-electron chi connectivity index (χ1n) is 6.42. The Balaban J connectivity index is 1.85. The van der Waals surface area contributed by atoms with Gasteiger partial charge in [0.1, 0.15) is 0 Å². The fourth-order valence-electron chi connectivity index (χ4n) is 1.81. The Bertz CT molecular complexity index is 612. The molecule has 0 bridgehead atoms. The summed E-state index contributed by atoms with van der Waals surface area (Å²) in [4.78, 5) is 26.9. The van der Waals surface area contributed by atoms with E-state index in [1.165, 1.54) is 0 Å². The van der Waals surface area contributed by atoms with Crippen LogP contribution in [0.1, 0.15) is 22.3 Å². The van der Waals surface area contributed by atoms with Gasteiger partial charge in [0.15, 0.2) is 0 Å². The number of hydrogen-bond acceptors (Lipinski definition) is 4. The van der Waals surface area contributed by atoms with Gasteiger partial charge in [-0.2, -0.15) is 0 Å². The molecule has 0 aliphatic carbocycles. The summed E-state index contributed by atoms with van der Waals surface area (Å²) in [5, 5.41) is 11.3. The van der Waals surface area contributed by atoms with Gasteiger partial charge in [-0.3, -0.25) is 19.8 Å². The van der Waals surface area contributed by atoms with Crippen molar-refractivity contribution in [3.05, 3.63) is 59.9 Å². The summed E-state index contributed by atoms with van der Waals surface area (Å²) in [6.07, 6.45) is 4.12. The molecule has 0 aliphatic heterocycles. The van der Waals surface area contributed by atoms with Gasteiger partial charge in [-0.1, -0.05) is 12.1 Å². The third-order valence-corrected chi connectivity index (χ3v) is 2.90. The Morgan fingerprint density at radius 3 is 2.52 bits per heavy atom. The minimum absolute atomic E-state index is 0.0971. The van der Waals surface area contributed by atoms with Crippen LogP contribution in [0.25, 0.3) is 0 Å². The molecule has 6 nitrogen and oxygen atoms in total. The van der Waals surface area contributed by atoms with E-state index in [-0.39, 0.29) is 5.91 Å². The topological polar surface area (TPSA) is 91.3 Å². The highest BCUT2D eigenvalue weighted by Gasteiger charge is 2.05. The molecule has 0 aliphatic rings. The highest BCUT2D eigenvalue weighted by Crippen LogP contribution is 2.09. The van der Waals surface area contributed by atoms with Crippen molar-refractivity contribution in [2.24, 2.45) is 0 Å². The van der Waals surface area contributed by atoms with Crippen LogP contribution in [-0.4, -0.2) is 22.0 Å². The average molecular weight is 285 g/mol. The molecule has 0 saturated carbocycles. The van der Waals surface area contributed by atoms with E-state index in [1.54, 1.807) is 54.3 Å². The number of rotatable bonds is 5. The SMILES string of the molecule is O=C(CCc1ccc(C(=O)NO)cc1)Nc1cccnc1. The monoisotopic (exact) mass is 285 g/mol. The van der Waals surface area contributed by atoms with Crippen LogP contribution in [0.2, 0.25) is 0 Å². The summed E-state index contributed by atoms with van der Waals surface area (Å²) in [6.45, 7) is 0. The molecule has 21 heavy (non-hydrogen) atoms. The maximum absolute atomic E-state index is 11.8. The molecular formula is C15H15N3O3. The lowest BCUT2D eigenvalue weighted by molar-refractivity contribution is -0.116. The van der Waals surface area contributed by atoms with E-state index in [1.807, 2.05) is 0 Å². The Kier molecular flexibility index (Phi) is 5.00. The molecule has 3 N–H and O–H groups in total. The van der Waals surface area contributed by atoms with Crippen molar-refractivity contribution < 1.29 is 14.8 Å². The number of amides is 2. The zero-order valence-corrected chi connectivity index (χ0v) is 11.2. The van der Waals surface area contributed by atoms with Crippen LogP contribution >= 0.6 is 0 Å². The van der Waals surface area contributed by atoms with Crippen molar-refractivity contribution in [3.63, 3.8) is 0 Å². The molecule has 0 fully saturated rings. The van der Waals surface area contributed by atoms with E-state index in [0.717, 1.165) is 5.56 Å². The average Bonchev–Trinajstić information content (AvgIpc) is 2.53. The molecule has 0 atom stereocenters. The summed E-state index contributed by atoms with van der Waals surface area (Å²) in [6, 6.07) is 10.2. The summed E-state index contributed by atoms with van der Waals surface area (Å²) in [5.74, 6) is -0.656. The predicted octanol–water partition coefficient (Wildman–Crippen LogP) is 1.77. The van der Waals surface area contributed by atoms with Gasteiger partial charge < -0.3 is 5.32 Å². The molecule has 2 rings (SSSR count). The van der Waals surface area contributed by atoms with Gasteiger partial charge in [-0.15, -0.1) is 0 Å². The number of pyridine rings is 1. The number of hydrogen-bond donors (Lipinski definition) is 3. The number of aryl methyl sites for hydroxylation is 1. The molecule has 2 aromatic rings. The zero-order valence-electron chi connectivity index (χ0n) is 11.2. The molecule has 2 amide bonds. The lowest BCUT2D eigenvalue weighted by Gasteiger charge is -2.05. The number of hydroxylamine groups is 1. The summed E-state index contributed by atoms with van der Waals surface area (Å²) < 4.78 is 0. The Hall–Kier alpha value is -2.73. The van der Waals surface area contributed by atoms with Crippen LogP contribution in [0, 0.1) is 0 Å². The molecule has 0 radical (unpaired) electrons. The minimum atomic E-state index is -0.559. The lowest BCUT2D eigenvalue weighted by atomic mass is 10.1. The number of carbonyl (C=O) groups is 2. The van der Waals surface area contributed by atoms with E-state index < -0.39 is 5.91 Å². The molecule has 1 aromatic heterocycles. The molecule has 1 aromatic carbocycles. The van der Waals surface area contributed by atoms with Crippen molar-refractivity contribution in [1.29, 1.82) is 0 Å². The molecule has 1 heterocycles. The van der Waals surface area contributed by atoms with Gasteiger partial charge in [0, 0.05) is 18.2 Å². The number of nitrogens with one attached hydrogen (secondary N) is 2. The molecule has 0 unspecified atom stereocenters. The van der Waals surface area contributed by atoms with Crippen LogP contribution in [0.15, 0.2) is 48.8 Å². The van der Waals surface area contributed by atoms with E-state index in [0.29, 0.717) is 24.1 Å². The number of anilines is 1. The normalized spacial score (nSPS) is 9.95. The molecule has 0 saturated heterocycles. The highest BCUT2D eigenvalue weighted by molar-refractivity contribution is 5.93. The molecule has 108 valence electrons. The van der Waals surface area contributed by atoms with E-state index >= 15 is 0 Å². The maximum Gasteiger partial charge on any atom is 0.274 e. The van der Waals surface area contributed by atoms with E-state index in [2.05, 4.69) is 10.3 Å². The summed E-state index contributed by atoms with van der Waals surface area (Å²) in [7, 11) is 0. The lowest BCUT2D eigenvalue weighted by Crippen LogP contribution is -2.18. The summed E-state index contributed by atoms with van der Waals surface area (Å²) in [5.41, 5.74) is 3.53. The number of benzene rings is 1. The fraction of sp³-hybridized carbons (Fsp3) is 0.133. The van der Waals surface area contributed by atoms with E-state index in [4.69, 9.17) is 5.21 Å². The van der Waals surface area contributed by atoms with Gasteiger partial charge in [0.2, 0.25) is 5.91 Å². The van der Waals surface area contributed by atoms with Gasteiger partial charge in [-0.25, -0.2) is 5.48 Å². The molecule has 0 spiro atoms. The van der Waals surface area contributed by atoms with Crippen LogP contribution in [0.5, 0.6) is 0 Å². The number of nitrogens with zero attached hydrogens (tertiary/aromatic N) is 1. The highest BCUT2D eigenvalue weighted by atomic mass is 16.5. The van der Waals surface area contributed by atoms with Crippen LogP contribution in [0.3, 0.4) is 0 Å². The van der Waals surface area contributed by atoms with Crippen molar-refractivity contribution in [3.8, 4) is 0 Å². The Labute approximate surface area is 121 Å². The minimum Gasteiger partial charge on any atom is -0.325 e. The molecule has 6 heteroatoms. The number of carbonyl (C=O) groups excluding carboxylic acids is 2. The van der Waals surface area contributed by atoms with Crippen molar-refractivity contribution >= 4 is 17.5 Å². The van der Waals surface area contributed by atoms with Gasteiger partial charge >= 0.3 is 0 Å². The van der Waals surface area contributed by atoms with Gasteiger partial charge in [-0.05, 0) is 36.2 Å². The fourth-order valence-corrected chi connectivity index (χ4v) is 1.81. The largest absolute Gasteiger partial charge is 0.325 e. The standard InChI is InChI=1S/C15H15N3O3/c19-14(17-13-2-1-9-16-10-13)8-5-11-3-6-12(7-4-11)15(20)18-21/h1-4,6-7,9-10,21H,5,8H2,(H,17,19)(H,18,20). The summed E-state index contributed by atoms with van der Waals surface area (Å²) >= 11 is 0. The first-order chi connectivity index (χ1) is 10.2. The smallest absolute Gasteiger partial charge is 0.274 e. The Morgan fingerprint density at radius 2 is 1.90 bits per heavy atom. The van der Waals surface area contributed by atoms with Crippen LogP contribution in [0.4, 0.5) is 5.69 Å². The van der Waals surface area contributed by atoms with Crippen LogP contribution in [-0.2, 0) is 11.2 Å². The first kappa shape index (κ1) is 14.7. The van der Waals surface area contributed by atoms with Crippen molar-refractivity contribution in [2.75, 3.05) is 5.32 Å². The molecular weight excluding hydrogens is 270 g/mol. The van der Waals surface area contributed by atoms with Crippen LogP contribution < -0.4 is 10.8 Å². The first-order valence-corrected chi connectivity index (χ1v) is 6.42. The maximum atomic E-state index is 11.8. The van der Waals surface area contributed by atoms with Crippen molar-refractivity contribution in [2.45, 2.75) is 12.8 Å². The van der Waals surface area contributed by atoms with Gasteiger partial charge in [0.25, 0.3) is 5.91 Å².